The highest BCUT2D eigenvalue weighted by atomic mass is 19.1. The van der Waals surface area contributed by atoms with E-state index in [4.69, 9.17) is 10.5 Å². The molecule has 0 aliphatic rings. The van der Waals surface area contributed by atoms with E-state index in [0.717, 1.165) is 0 Å². The maximum absolute atomic E-state index is 13.0. The third kappa shape index (κ3) is 2.71. The molecule has 0 radical (unpaired) electrons. The average Bonchev–Trinajstić information content (AvgIpc) is 2.26. The van der Waals surface area contributed by atoms with E-state index < -0.39 is 12.1 Å². The van der Waals surface area contributed by atoms with Crippen LogP contribution in [0.2, 0.25) is 0 Å². The van der Waals surface area contributed by atoms with Crippen LogP contribution in [0.3, 0.4) is 0 Å². The molecule has 2 atom stereocenters. The summed E-state index contributed by atoms with van der Waals surface area (Å²) < 4.78 is 18.0. The number of nitrogens with two attached hydrogens (primary N) is 1. The van der Waals surface area contributed by atoms with E-state index in [9.17, 15) is 9.50 Å². The Hall–Kier alpha value is -1.13. The molecule has 0 bridgehead atoms. The number of hydrogen-bond acceptors (Lipinski definition) is 3. The second-order valence-electron chi connectivity index (χ2n) is 4.15. The normalized spacial score (nSPS) is 14.9. The molecular weight excluding hydrogens is 209 g/mol. The van der Waals surface area contributed by atoms with Gasteiger partial charge in [-0.1, -0.05) is 19.9 Å². The van der Waals surface area contributed by atoms with Gasteiger partial charge in [-0.25, -0.2) is 4.39 Å². The van der Waals surface area contributed by atoms with Gasteiger partial charge >= 0.3 is 0 Å². The molecule has 3 N–H and O–H groups in total. The van der Waals surface area contributed by atoms with E-state index >= 15 is 0 Å². The zero-order chi connectivity index (χ0) is 12.3. The van der Waals surface area contributed by atoms with Crippen molar-refractivity contribution in [3.05, 3.63) is 29.6 Å². The van der Waals surface area contributed by atoms with Crippen LogP contribution >= 0.6 is 0 Å². The molecule has 1 rings (SSSR count). The van der Waals surface area contributed by atoms with Crippen LogP contribution in [-0.2, 0) is 0 Å². The molecule has 0 aliphatic carbocycles. The third-order valence-corrected chi connectivity index (χ3v) is 2.61. The molecule has 0 fully saturated rings. The van der Waals surface area contributed by atoms with Gasteiger partial charge in [0.25, 0.3) is 0 Å². The van der Waals surface area contributed by atoms with Crippen molar-refractivity contribution < 1.29 is 14.2 Å². The Labute approximate surface area is 95.0 Å². The summed E-state index contributed by atoms with van der Waals surface area (Å²) in [6.45, 7) is 3.75. The lowest BCUT2D eigenvalue weighted by molar-refractivity contribution is 0.0969. The second kappa shape index (κ2) is 5.27. The minimum Gasteiger partial charge on any atom is -0.496 e. The number of benzene rings is 1. The van der Waals surface area contributed by atoms with Crippen molar-refractivity contribution in [3.63, 3.8) is 0 Å². The van der Waals surface area contributed by atoms with E-state index in [1.165, 1.54) is 19.2 Å². The highest BCUT2D eigenvalue weighted by molar-refractivity contribution is 5.37. The van der Waals surface area contributed by atoms with Gasteiger partial charge in [-0.3, -0.25) is 0 Å². The van der Waals surface area contributed by atoms with Crippen molar-refractivity contribution in [1.29, 1.82) is 0 Å². The van der Waals surface area contributed by atoms with Crippen molar-refractivity contribution in [2.24, 2.45) is 11.7 Å². The Kier molecular flexibility index (Phi) is 4.26. The van der Waals surface area contributed by atoms with E-state index in [-0.39, 0.29) is 11.7 Å². The van der Waals surface area contributed by atoms with Crippen molar-refractivity contribution in [1.82, 2.24) is 0 Å². The number of ether oxygens (including phenoxy) is 1. The fourth-order valence-corrected chi connectivity index (χ4v) is 1.56. The van der Waals surface area contributed by atoms with Crippen LogP contribution in [0.15, 0.2) is 18.2 Å². The largest absolute Gasteiger partial charge is 0.496 e. The van der Waals surface area contributed by atoms with E-state index in [0.29, 0.717) is 11.3 Å². The summed E-state index contributed by atoms with van der Waals surface area (Å²) in [5.41, 5.74) is 6.53. The van der Waals surface area contributed by atoms with Gasteiger partial charge in [-0.15, -0.1) is 0 Å². The number of rotatable bonds is 4. The van der Waals surface area contributed by atoms with Crippen molar-refractivity contribution in [2.45, 2.75) is 26.0 Å². The molecule has 16 heavy (non-hydrogen) atoms. The first kappa shape index (κ1) is 12.9. The Bertz CT molecular complexity index is 355. The smallest absolute Gasteiger partial charge is 0.126 e. The number of halogens is 1. The Morgan fingerprint density at radius 2 is 2.00 bits per heavy atom. The SMILES string of the molecule is COc1cc(F)ccc1[C@H](N)[C@H](O)C(C)C. The lowest BCUT2D eigenvalue weighted by atomic mass is 9.94. The molecule has 0 amide bonds. The quantitative estimate of drug-likeness (QED) is 0.825. The van der Waals surface area contributed by atoms with Crippen LogP contribution in [0.25, 0.3) is 0 Å². The molecule has 0 heterocycles. The Balaban J connectivity index is 3.03. The van der Waals surface area contributed by atoms with Crippen LogP contribution in [-0.4, -0.2) is 18.3 Å². The summed E-state index contributed by atoms with van der Waals surface area (Å²) in [6.07, 6.45) is -0.681. The molecule has 0 spiro atoms. The van der Waals surface area contributed by atoms with Gasteiger partial charge in [0.05, 0.1) is 19.3 Å². The van der Waals surface area contributed by atoms with Crippen molar-refractivity contribution in [2.75, 3.05) is 7.11 Å². The molecule has 0 saturated heterocycles. The third-order valence-electron chi connectivity index (χ3n) is 2.61. The van der Waals surface area contributed by atoms with Crippen LogP contribution in [0, 0.1) is 11.7 Å². The lowest BCUT2D eigenvalue weighted by Crippen LogP contribution is -2.30. The highest BCUT2D eigenvalue weighted by Crippen LogP contribution is 2.28. The molecule has 0 aromatic heterocycles. The van der Waals surface area contributed by atoms with Gasteiger partial charge in [0.15, 0.2) is 0 Å². The van der Waals surface area contributed by atoms with E-state index in [1.54, 1.807) is 6.07 Å². The van der Waals surface area contributed by atoms with E-state index in [1.807, 2.05) is 13.8 Å². The molecule has 0 aliphatic heterocycles. The summed E-state index contributed by atoms with van der Waals surface area (Å²) in [5.74, 6) is 0.0174. The van der Waals surface area contributed by atoms with Gasteiger partial charge in [0.2, 0.25) is 0 Å². The number of aliphatic hydroxyl groups excluding tert-OH is 1. The van der Waals surface area contributed by atoms with Gasteiger partial charge in [0, 0.05) is 11.6 Å². The second-order valence-corrected chi connectivity index (χ2v) is 4.15. The van der Waals surface area contributed by atoms with E-state index in [2.05, 4.69) is 0 Å². The first-order valence-electron chi connectivity index (χ1n) is 5.24. The molecule has 4 heteroatoms. The standard InChI is InChI=1S/C12H18FNO2/c1-7(2)12(15)11(14)9-5-4-8(13)6-10(9)16-3/h4-7,11-12,15H,14H2,1-3H3/t11-,12+/m0/s1. The zero-order valence-electron chi connectivity index (χ0n) is 9.77. The molecule has 1 aromatic carbocycles. The lowest BCUT2D eigenvalue weighted by Gasteiger charge is -2.23. The van der Waals surface area contributed by atoms with Gasteiger partial charge in [-0.05, 0) is 12.0 Å². The molecule has 0 unspecified atom stereocenters. The number of aliphatic hydroxyl groups is 1. The predicted octanol–water partition coefficient (Wildman–Crippen LogP) is 1.85. The highest BCUT2D eigenvalue weighted by Gasteiger charge is 2.23. The number of methoxy groups -OCH3 is 1. The zero-order valence-corrected chi connectivity index (χ0v) is 9.77. The Morgan fingerprint density at radius 3 is 2.50 bits per heavy atom. The fraction of sp³-hybridized carbons (Fsp3) is 0.500. The first-order chi connectivity index (χ1) is 7.47. The summed E-state index contributed by atoms with van der Waals surface area (Å²) in [5, 5.41) is 9.86. The van der Waals surface area contributed by atoms with Crippen LogP contribution < -0.4 is 10.5 Å². The first-order valence-corrected chi connectivity index (χ1v) is 5.24. The molecule has 3 nitrogen and oxygen atoms in total. The minimum atomic E-state index is -0.681. The summed E-state index contributed by atoms with van der Waals surface area (Å²) in [6, 6.07) is 3.55. The van der Waals surface area contributed by atoms with Gasteiger partial charge in [-0.2, -0.15) is 0 Å². The molecule has 1 aromatic rings. The monoisotopic (exact) mass is 227 g/mol. The van der Waals surface area contributed by atoms with Gasteiger partial charge in [0.1, 0.15) is 11.6 Å². The topological polar surface area (TPSA) is 55.5 Å². The van der Waals surface area contributed by atoms with Gasteiger partial charge < -0.3 is 15.6 Å². The van der Waals surface area contributed by atoms with Crippen LogP contribution in [0.5, 0.6) is 5.75 Å². The fourth-order valence-electron chi connectivity index (χ4n) is 1.56. The predicted molar refractivity (Wildman–Crippen MR) is 60.7 cm³/mol. The summed E-state index contributed by atoms with van der Waals surface area (Å²) in [4.78, 5) is 0. The van der Waals surface area contributed by atoms with Crippen molar-refractivity contribution >= 4 is 0 Å². The van der Waals surface area contributed by atoms with Crippen LogP contribution in [0.4, 0.5) is 4.39 Å². The maximum atomic E-state index is 13.0. The summed E-state index contributed by atoms with van der Waals surface area (Å²) >= 11 is 0. The summed E-state index contributed by atoms with van der Waals surface area (Å²) in [7, 11) is 1.45. The maximum Gasteiger partial charge on any atom is 0.126 e. The number of hydrogen-bond donors (Lipinski definition) is 2. The molecule has 90 valence electrons. The Morgan fingerprint density at radius 1 is 1.38 bits per heavy atom. The molecular formula is C12H18FNO2. The minimum absolute atomic E-state index is 0.0322. The van der Waals surface area contributed by atoms with Crippen LogP contribution in [0.1, 0.15) is 25.5 Å². The molecule has 0 saturated carbocycles. The average molecular weight is 227 g/mol. The van der Waals surface area contributed by atoms with Crippen molar-refractivity contribution in [3.8, 4) is 5.75 Å².